The molecule has 2 N–H and O–H groups in total. The minimum absolute atomic E-state index is 0.0475. The first-order valence-electron chi connectivity index (χ1n) is 7.79. The van der Waals surface area contributed by atoms with Crippen LogP contribution >= 0.6 is 23.2 Å². The van der Waals surface area contributed by atoms with E-state index >= 15 is 0 Å². The van der Waals surface area contributed by atoms with E-state index in [2.05, 4.69) is 5.10 Å². The van der Waals surface area contributed by atoms with Crippen LogP contribution in [0.1, 0.15) is 30.5 Å². The Labute approximate surface area is 166 Å². The summed E-state index contributed by atoms with van der Waals surface area (Å²) in [5.74, 6) is -0.228. The monoisotopic (exact) mass is 427 g/mol. The quantitative estimate of drug-likeness (QED) is 0.808. The Morgan fingerprint density at radius 1 is 1.22 bits per heavy atom. The van der Waals surface area contributed by atoms with E-state index in [9.17, 15) is 13.2 Å². The highest BCUT2D eigenvalue weighted by Crippen LogP contribution is 2.40. The fourth-order valence-electron chi connectivity index (χ4n) is 2.89. The number of hydrazone groups is 1. The zero-order chi connectivity index (χ0) is 19.8. The van der Waals surface area contributed by atoms with Crippen LogP contribution in [0.2, 0.25) is 10.0 Å². The van der Waals surface area contributed by atoms with Crippen LogP contribution in [0.25, 0.3) is 0 Å². The first kappa shape index (κ1) is 19.6. The summed E-state index contributed by atoms with van der Waals surface area (Å²) in [6, 6.07) is 10.9. The number of carbonyl (C=O) groups is 1. The summed E-state index contributed by atoms with van der Waals surface area (Å²) in [5, 5.41) is 11.5. The third kappa shape index (κ3) is 4.41. The molecule has 10 heteroatoms. The number of halogens is 2. The van der Waals surface area contributed by atoms with Gasteiger partial charge in [-0.1, -0.05) is 41.4 Å². The van der Waals surface area contributed by atoms with Crippen LogP contribution in [-0.2, 0) is 15.1 Å². The van der Waals surface area contributed by atoms with Crippen LogP contribution in [-0.4, -0.2) is 25.0 Å². The maximum Gasteiger partial charge on any atom is 0.380 e. The highest BCUT2D eigenvalue weighted by atomic mass is 35.5. The van der Waals surface area contributed by atoms with Gasteiger partial charge in [0.15, 0.2) is 0 Å². The normalized spacial score (nSPS) is 17.0. The number of amides is 1. The Hall–Kier alpha value is -2.13. The van der Waals surface area contributed by atoms with E-state index in [-0.39, 0.29) is 11.7 Å². The van der Waals surface area contributed by atoms with Crippen molar-refractivity contribution in [3.05, 3.63) is 63.6 Å². The lowest BCUT2D eigenvalue weighted by molar-refractivity contribution is -0.130. The number of carbonyl (C=O) groups excluding carboxylic acids is 1. The average Bonchev–Trinajstić information content (AvgIpc) is 2.98. The molecule has 7 nitrogen and oxygen atoms in total. The molecule has 0 saturated heterocycles. The van der Waals surface area contributed by atoms with Crippen LogP contribution in [0, 0.1) is 0 Å². The minimum Gasteiger partial charge on any atom is -0.371 e. The van der Waals surface area contributed by atoms with Gasteiger partial charge in [-0.3, -0.25) is 4.79 Å². The molecule has 27 heavy (non-hydrogen) atoms. The van der Waals surface area contributed by atoms with Gasteiger partial charge in [0.25, 0.3) is 0 Å². The molecule has 142 valence electrons. The van der Waals surface area contributed by atoms with Gasteiger partial charge in [0.1, 0.15) is 5.75 Å². The van der Waals surface area contributed by atoms with Crippen LogP contribution in [0.4, 0.5) is 0 Å². The summed E-state index contributed by atoms with van der Waals surface area (Å²) in [5.41, 5.74) is 1.76. The molecule has 1 aliphatic heterocycles. The van der Waals surface area contributed by atoms with Crippen molar-refractivity contribution < 1.29 is 17.4 Å². The van der Waals surface area contributed by atoms with E-state index in [4.69, 9.17) is 32.5 Å². The fourth-order valence-corrected chi connectivity index (χ4v) is 3.91. The lowest BCUT2D eigenvalue weighted by Gasteiger charge is -2.22. The minimum atomic E-state index is -4.15. The standard InChI is InChI=1S/C17H15Cl2N3O4S/c1-10(23)22-16(17-13(18)6-3-7-14(17)19)9-15(21-22)11-4-2-5-12(8-11)26-27(20,24)25/h2-8,16H,9H2,1H3,(H2,20,24,25). The van der Waals surface area contributed by atoms with Gasteiger partial charge in [0.05, 0.1) is 11.8 Å². The molecule has 3 rings (SSSR count). The third-order valence-electron chi connectivity index (χ3n) is 3.95. The Morgan fingerprint density at radius 2 is 1.85 bits per heavy atom. The number of hydrogen-bond donors (Lipinski definition) is 1. The Bertz CT molecular complexity index is 1020. The van der Waals surface area contributed by atoms with Gasteiger partial charge < -0.3 is 4.18 Å². The molecular formula is C17H15Cl2N3O4S. The van der Waals surface area contributed by atoms with Crippen molar-refractivity contribution in [3.63, 3.8) is 0 Å². The molecule has 1 heterocycles. The van der Waals surface area contributed by atoms with Crippen molar-refractivity contribution in [2.75, 3.05) is 0 Å². The molecule has 1 unspecified atom stereocenters. The lowest BCUT2D eigenvalue weighted by Crippen LogP contribution is -2.24. The summed E-state index contributed by atoms with van der Waals surface area (Å²) < 4.78 is 27.0. The van der Waals surface area contributed by atoms with E-state index < -0.39 is 16.3 Å². The summed E-state index contributed by atoms with van der Waals surface area (Å²) in [4.78, 5) is 12.1. The second-order valence-electron chi connectivity index (χ2n) is 5.87. The topological polar surface area (TPSA) is 102 Å². The molecule has 0 saturated carbocycles. The Kier molecular flexibility index (Phi) is 5.43. The van der Waals surface area contributed by atoms with Gasteiger partial charge in [-0.05, 0) is 24.3 Å². The van der Waals surface area contributed by atoms with Gasteiger partial charge in [-0.2, -0.15) is 18.7 Å². The van der Waals surface area contributed by atoms with Gasteiger partial charge >= 0.3 is 10.3 Å². The van der Waals surface area contributed by atoms with Crippen molar-refractivity contribution >= 4 is 45.1 Å². The molecule has 2 aromatic carbocycles. The first-order valence-corrected chi connectivity index (χ1v) is 10.0. The second-order valence-corrected chi connectivity index (χ2v) is 7.84. The third-order valence-corrected chi connectivity index (χ3v) is 5.03. The van der Waals surface area contributed by atoms with Gasteiger partial charge in [0.2, 0.25) is 5.91 Å². The zero-order valence-electron chi connectivity index (χ0n) is 14.1. The summed E-state index contributed by atoms with van der Waals surface area (Å²) in [7, 11) is -4.15. The Balaban J connectivity index is 1.98. The van der Waals surface area contributed by atoms with Crippen LogP contribution < -0.4 is 9.32 Å². The van der Waals surface area contributed by atoms with Crippen molar-refractivity contribution in [2.24, 2.45) is 10.2 Å². The predicted octanol–water partition coefficient (Wildman–Crippen LogP) is 3.27. The molecular weight excluding hydrogens is 413 g/mol. The van der Waals surface area contributed by atoms with Gasteiger partial charge in [-0.15, -0.1) is 0 Å². The van der Waals surface area contributed by atoms with E-state index in [0.29, 0.717) is 33.3 Å². The van der Waals surface area contributed by atoms with E-state index in [0.717, 1.165) is 0 Å². The van der Waals surface area contributed by atoms with Crippen LogP contribution in [0.5, 0.6) is 5.75 Å². The van der Waals surface area contributed by atoms with Crippen LogP contribution in [0.3, 0.4) is 0 Å². The van der Waals surface area contributed by atoms with Crippen molar-refractivity contribution in [3.8, 4) is 5.75 Å². The predicted molar refractivity (Wildman–Crippen MR) is 103 cm³/mol. The first-order chi connectivity index (χ1) is 12.7. The molecule has 0 spiro atoms. The summed E-state index contributed by atoms with van der Waals surface area (Å²) in [6.07, 6.45) is 0.349. The highest BCUT2D eigenvalue weighted by Gasteiger charge is 2.34. The van der Waals surface area contributed by atoms with Gasteiger partial charge in [-0.25, -0.2) is 5.01 Å². The number of nitrogens with two attached hydrogens (primary N) is 1. The maximum atomic E-state index is 12.1. The summed E-state index contributed by atoms with van der Waals surface area (Å²) >= 11 is 12.6. The van der Waals surface area contributed by atoms with E-state index in [1.54, 1.807) is 30.3 Å². The molecule has 0 aromatic heterocycles. The fraction of sp³-hybridized carbons (Fsp3) is 0.176. The molecule has 0 radical (unpaired) electrons. The molecule has 1 atom stereocenters. The molecule has 0 aliphatic carbocycles. The number of nitrogens with zero attached hydrogens (tertiary/aromatic N) is 2. The largest absolute Gasteiger partial charge is 0.380 e. The lowest BCUT2D eigenvalue weighted by atomic mass is 9.98. The summed E-state index contributed by atoms with van der Waals surface area (Å²) in [6.45, 7) is 1.39. The van der Waals surface area contributed by atoms with Crippen LogP contribution in [0.15, 0.2) is 47.6 Å². The average molecular weight is 428 g/mol. The van der Waals surface area contributed by atoms with Gasteiger partial charge in [0, 0.05) is 34.5 Å². The van der Waals surface area contributed by atoms with Crippen molar-refractivity contribution in [1.29, 1.82) is 0 Å². The Morgan fingerprint density at radius 3 is 2.44 bits per heavy atom. The highest BCUT2D eigenvalue weighted by molar-refractivity contribution is 7.84. The number of hydrogen-bond acceptors (Lipinski definition) is 5. The maximum absolute atomic E-state index is 12.1. The molecule has 0 bridgehead atoms. The van der Waals surface area contributed by atoms with E-state index in [1.165, 1.54) is 24.1 Å². The zero-order valence-corrected chi connectivity index (χ0v) is 16.4. The van der Waals surface area contributed by atoms with Crippen molar-refractivity contribution in [2.45, 2.75) is 19.4 Å². The van der Waals surface area contributed by atoms with Crippen molar-refractivity contribution in [1.82, 2.24) is 5.01 Å². The second kappa shape index (κ2) is 7.47. The molecule has 2 aromatic rings. The van der Waals surface area contributed by atoms with E-state index in [1.807, 2.05) is 0 Å². The number of benzene rings is 2. The molecule has 0 fully saturated rings. The SMILES string of the molecule is CC(=O)N1N=C(c2cccc(OS(N)(=O)=O)c2)CC1c1c(Cl)cccc1Cl. The smallest absolute Gasteiger partial charge is 0.371 e. The molecule has 1 aliphatic rings. The molecule has 1 amide bonds. The number of rotatable bonds is 4.